The highest BCUT2D eigenvalue weighted by Crippen LogP contribution is 2.50. The van der Waals surface area contributed by atoms with Gasteiger partial charge in [-0.2, -0.15) is 0 Å². The van der Waals surface area contributed by atoms with E-state index in [4.69, 9.17) is 5.84 Å². The molecule has 0 saturated carbocycles. The zero-order valence-electron chi connectivity index (χ0n) is 14.9. The lowest BCUT2D eigenvalue weighted by atomic mass is 9.71. The molecular formula is C17H36N4. The molecule has 0 spiro atoms. The standard InChI is InChI=1S/C15H30N4.C2H6/c1-14-9-18(8-13-4-6-17(3)7-5-13)10-15(14,2)12-19(16)11-14;1-2/h13H,4-12,16H2,1-3H3;1-2H3/t14-,15+;. The summed E-state index contributed by atoms with van der Waals surface area (Å²) in [5, 5.41) is 2.03. The first-order chi connectivity index (χ1) is 9.90. The van der Waals surface area contributed by atoms with Crippen molar-refractivity contribution in [3.05, 3.63) is 0 Å². The summed E-state index contributed by atoms with van der Waals surface area (Å²) in [7, 11) is 2.24. The third kappa shape index (κ3) is 3.44. The molecule has 0 aromatic rings. The summed E-state index contributed by atoms with van der Waals surface area (Å²) in [4.78, 5) is 5.19. The van der Waals surface area contributed by atoms with Crippen molar-refractivity contribution in [1.82, 2.24) is 14.8 Å². The highest BCUT2D eigenvalue weighted by Gasteiger charge is 2.56. The molecule has 0 aliphatic carbocycles. The molecule has 4 heteroatoms. The first kappa shape index (κ1) is 17.2. The normalized spacial score (nSPS) is 39.1. The number of likely N-dealkylation sites (tertiary alicyclic amines) is 2. The molecule has 21 heavy (non-hydrogen) atoms. The van der Waals surface area contributed by atoms with Crippen LogP contribution in [0.5, 0.6) is 0 Å². The SMILES string of the molecule is CC.CN1CCC(CN2C[C@]3(C)CN(N)C[C@]3(C)C2)CC1. The lowest BCUT2D eigenvalue weighted by Crippen LogP contribution is -2.39. The van der Waals surface area contributed by atoms with Gasteiger partial charge >= 0.3 is 0 Å². The van der Waals surface area contributed by atoms with Crippen LogP contribution in [0.3, 0.4) is 0 Å². The summed E-state index contributed by atoms with van der Waals surface area (Å²) < 4.78 is 0. The third-order valence-corrected chi connectivity index (χ3v) is 6.06. The van der Waals surface area contributed by atoms with Gasteiger partial charge in [-0.25, -0.2) is 5.01 Å². The van der Waals surface area contributed by atoms with E-state index >= 15 is 0 Å². The van der Waals surface area contributed by atoms with Crippen molar-refractivity contribution in [2.24, 2.45) is 22.6 Å². The Bertz CT molecular complexity index is 320. The van der Waals surface area contributed by atoms with E-state index in [-0.39, 0.29) is 0 Å². The fraction of sp³-hybridized carbons (Fsp3) is 1.00. The van der Waals surface area contributed by atoms with Crippen molar-refractivity contribution in [3.8, 4) is 0 Å². The number of rotatable bonds is 2. The molecule has 3 aliphatic heterocycles. The maximum atomic E-state index is 6.05. The number of hydrazine groups is 1. The molecule has 124 valence electrons. The van der Waals surface area contributed by atoms with Crippen LogP contribution in [-0.2, 0) is 0 Å². The summed E-state index contributed by atoms with van der Waals surface area (Å²) in [6.45, 7) is 17.4. The van der Waals surface area contributed by atoms with Gasteiger partial charge < -0.3 is 9.80 Å². The van der Waals surface area contributed by atoms with Crippen LogP contribution < -0.4 is 5.84 Å². The van der Waals surface area contributed by atoms with Gasteiger partial charge in [0.2, 0.25) is 0 Å². The maximum Gasteiger partial charge on any atom is 0.0201 e. The van der Waals surface area contributed by atoms with Gasteiger partial charge in [0, 0.05) is 43.6 Å². The molecule has 2 N–H and O–H groups in total. The van der Waals surface area contributed by atoms with Gasteiger partial charge in [0.05, 0.1) is 0 Å². The second-order valence-corrected chi connectivity index (χ2v) is 7.94. The van der Waals surface area contributed by atoms with E-state index in [0.29, 0.717) is 10.8 Å². The second-order valence-electron chi connectivity index (χ2n) is 7.94. The van der Waals surface area contributed by atoms with E-state index < -0.39 is 0 Å². The molecule has 0 amide bonds. The molecule has 3 saturated heterocycles. The number of fused-ring (bicyclic) bond motifs is 1. The van der Waals surface area contributed by atoms with Gasteiger partial charge in [0.1, 0.15) is 0 Å². The van der Waals surface area contributed by atoms with Crippen molar-refractivity contribution in [3.63, 3.8) is 0 Å². The molecule has 3 rings (SSSR count). The van der Waals surface area contributed by atoms with Crippen LogP contribution in [0.25, 0.3) is 0 Å². The molecule has 0 aromatic heterocycles. The van der Waals surface area contributed by atoms with Crippen LogP contribution in [0.15, 0.2) is 0 Å². The molecule has 0 radical (unpaired) electrons. The predicted octanol–water partition coefficient (Wildman–Crippen LogP) is 1.87. The van der Waals surface area contributed by atoms with Crippen molar-refractivity contribution < 1.29 is 0 Å². The summed E-state index contributed by atoms with van der Waals surface area (Å²) in [6, 6.07) is 0. The van der Waals surface area contributed by atoms with Gasteiger partial charge in [0.15, 0.2) is 0 Å². The van der Waals surface area contributed by atoms with Gasteiger partial charge in [0.25, 0.3) is 0 Å². The Morgan fingerprint density at radius 1 is 0.952 bits per heavy atom. The van der Waals surface area contributed by atoms with Crippen molar-refractivity contribution in [1.29, 1.82) is 0 Å². The Morgan fingerprint density at radius 2 is 1.43 bits per heavy atom. The highest BCUT2D eigenvalue weighted by atomic mass is 15.4. The van der Waals surface area contributed by atoms with E-state index in [9.17, 15) is 0 Å². The molecular weight excluding hydrogens is 260 g/mol. The minimum atomic E-state index is 0.396. The van der Waals surface area contributed by atoms with E-state index in [2.05, 4.69) is 30.7 Å². The quantitative estimate of drug-likeness (QED) is 0.789. The number of nitrogens with two attached hydrogens (primary N) is 1. The highest BCUT2D eigenvalue weighted by molar-refractivity contribution is 5.08. The fourth-order valence-corrected chi connectivity index (χ4v) is 4.60. The first-order valence-corrected chi connectivity index (χ1v) is 8.81. The predicted molar refractivity (Wildman–Crippen MR) is 90.0 cm³/mol. The van der Waals surface area contributed by atoms with Crippen LogP contribution in [0, 0.1) is 16.7 Å². The van der Waals surface area contributed by atoms with E-state index in [1.807, 2.05) is 18.9 Å². The minimum Gasteiger partial charge on any atom is -0.306 e. The Labute approximate surface area is 131 Å². The van der Waals surface area contributed by atoms with Crippen molar-refractivity contribution in [2.75, 3.05) is 52.9 Å². The van der Waals surface area contributed by atoms with Crippen LogP contribution >= 0.6 is 0 Å². The van der Waals surface area contributed by atoms with Crippen LogP contribution in [0.2, 0.25) is 0 Å². The monoisotopic (exact) mass is 296 g/mol. The van der Waals surface area contributed by atoms with Crippen molar-refractivity contribution in [2.45, 2.75) is 40.5 Å². The maximum absolute atomic E-state index is 6.05. The lowest BCUT2D eigenvalue weighted by molar-refractivity contribution is 0.157. The topological polar surface area (TPSA) is 35.7 Å². The van der Waals surface area contributed by atoms with Gasteiger partial charge in [-0.15, -0.1) is 0 Å². The largest absolute Gasteiger partial charge is 0.306 e. The van der Waals surface area contributed by atoms with Crippen molar-refractivity contribution >= 4 is 0 Å². The molecule has 0 unspecified atom stereocenters. The Kier molecular flexibility index (Phi) is 5.35. The smallest absolute Gasteiger partial charge is 0.0201 e. The van der Waals surface area contributed by atoms with Crippen LogP contribution in [0.1, 0.15) is 40.5 Å². The summed E-state index contributed by atoms with van der Waals surface area (Å²) in [5.41, 5.74) is 0.792. The second kappa shape index (κ2) is 6.53. The first-order valence-electron chi connectivity index (χ1n) is 8.81. The summed E-state index contributed by atoms with van der Waals surface area (Å²) >= 11 is 0. The van der Waals surface area contributed by atoms with Crippen LogP contribution in [-0.4, -0.2) is 67.7 Å². The fourth-order valence-electron chi connectivity index (χ4n) is 4.60. The molecule has 3 heterocycles. The Morgan fingerprint density at radius 3 is 1.90 bits per heavy atom. The molecule has 0 bridgehead atoms. The number of hydrogen-bond donors (Lipinski definition) is 1. The van der Waals surface area contributed by atoms with Gasteiger partial charge in [-0.1, -0.05) is 27.7 Å². The molecule has 3 fully saturated rings. The Balaban J connectivity index is 0.000000774. The summed E-state index contributed by atoms with van der Waals surface area (Å²) in [5.74, 6) is 6.96. The van der Waals surface area contributed by atoms with Crippen LogP contribution in [0.4, 0.5) is 0 Å². The average molecular weight is 297 g/mol. The number of hydrogen-bond acceptors (Lipinski definition) is 4. The van der Waals surface area contributed by atoms with Gasteiger partial charge in [-0.3, -0.25) is 5.84 Å². The lowest BCUT2D eigenvalue weighted by Gasteiger charge is -2.32. The third-order valence-electron chi connectivity index (χ3n) is 6.06. The minimum absolute atomic E-state index is 0.396. The zero-order valence-corrected chi connectivity index (χ0v) is 14.9. The number of piperidine rings is 1. The average Bonchev–Trinajstić information content (AvgIpc) is 2.77. The number of nitrogens with zero attached hydrogens (tertiary/aromatic N) is 3. The molecule has 2 atom stereocenters. The van der Waals surface area contributed by atoms with Gasteiger partial charge in [-0.05, 0) is 38.9 Å². The summed E-state index contributed by atoms with van der Waals surface area (Å²) in [6.07, 6.45) is 2.76. The molecule has 0 aromatic carbocycles. The Hall–Kier alpha value is -0.160. The van der Waals surface area contributed by atoms with E-state index in [0.717, 1.165) is 19.0 Å². The van der Waals surface area contributed by atoms with E-state index in [1.54, 1.807) is 0 Å². The van der Waals surface area contributed by atoms with E-state index in [1.165, 1.54) is 45.6 Å². The molecule has 4 nitrogen and oxygen atoms in total. The zero-order chi connectivity index (χ0) is 15.7. The molecule has 3 aliphatic rings.